The average Bonchev–Trinajstić information content (AvgIpc) is 3.57. The molecular formula is C27H34N8O2S. The average molecular weight is 535 g/mol. The van der Waals surface area contributed by atoms with Crippen LogP contribution in [0.3, 0.4) is 0 Å². The van der Waals surface area contributed by atoms with Crippen molar-refractivity contribution < 1.29 is 9.53 Å². The lowest BCUT2D eigenvalue weighted by Crippen LogP contribution is -2.39. The molecule has 0 unspecified atom stereocenters. The van der Waals surface area contributed by atoms with Gasteiger partial charge in [0.1, 0.15) is 10.6 Å². The molecular weight excluding hydrogens is 500 g/mol. The largest absolute Gasteiger partial charge is 0.444 e. The Morgan fingerprint density at radius 2 is 1.92 bits per heavy atom. The molecule has 4 aromatic heterocycles. The number of nitrogens with one attached hydrogen (secondary N) is 1. The number of hydrogen-bond acceptors (Lipinski definition) is 8. The Morgan fingerprint density at radius 1 is 1.13 bits per heavy atom. The van der Waals surface area contributed by atoms with Crippen LogP contribution < -0.4 is 5.32 Å². The zero-order valence-corrected chi connectivity index (χ0v) is 23.8. The molecule has 0 atom stereocenters. The van der Waals surface area contributed by atoms with Crippen LogP contribution in [0.2, 0.25) is 0 Å². The minimum Gasteiger partial charge on any atom is -0.444 e. The topological polar surface area (TPSA) is 102 Å². The lowest BCUT2D eigenvalue weighted by Gasteiger charge is -2.30. The van der Waals surface area contributed by atoms with Gasteiger partial charge in [0.2, 0.25) is 0 Å². The van der Waals surface area contributed by atoms with Crippen molar-refractivity contribution in [2.45, 2.75) is 59.0 Å². The van der Waals surface area contributed by atoms with Crippen LogP contribution in [0.1, 0.15) is 59.4 Å². The number of carbonyl (C=O) groups excluding carboxylic acids is 1. The Bertz CT molecular complexity index is 1520. The van der Waals surface area contributed by atoms with Crippen LogP contribution in [0.25, 0.3) is 22.5 Å². The van der Waals surface area contributed by atoms with Gasteiger partial charge in [-0.15, -0.1) is 0 Å². The van der Waals surface area contributed by atoms with Gasteiger partial charge in [0.25, 0.3) is 0 Å². The zero-order chi connectivity index (χ0) is 27.2. The maximum absolute atomic E-state index is 12.8. The smallest absolute Gasteiger partial charge is 0.410 e. The minimum atomic E-state index is -0.553. The lowest BCUT2D eigenvalue weighted by molar-refractivity contribution is 0.0273. The molecule has 0 radical (unpaired) electrons. The molecule has 0 aliphatic carbocycles. The van der Waals surface area contributed by atoms with Gasteiger partial charge in [-0.25, -0.2) is 14.8 Å². The van der Waals surface area contributed by atoms with E-state index in [4.69, 9.17) is 14.7 Å². The first-order valence-corrected chi connectivity index (χ1v) is 13.4. The molecule has 0 fully saturated rings. The fourth-order valence-electron chi connectivity index (χ4n) is 4.21. The molecule has 5 rings (SSSR count). The van der Waals surface area contributed by atoms with Gasteiger partial charge in [-0.2, -0.15) is 9.47 Å². The summed E-state index contributed by atoms with van der Waals surface area (Å²) in [6, 6.07) is 2.06. The fourth-order valence-corrected chi connectivity index (χ4v) is 5.04. The molecule has 10 nitrogen and oxygen atoms in total. The van der Waals surface area contributed by atoms with E-state index in [1.807, 2.05) is 57.0 Å². The third-order valence-corrected chi connectivity index (χ3v) is 6.85. The highest BCUT2D eigenvalue weighted by atomic mass is 32.1. The summed E-state index contributed by atoms with van der Waals surface area (Å²) in [6.45, 7) is 13.1. The van der Waals surface area contributed by atoms with Crippen molar-refractivity contribution in [3.8, 4) is 11.3 Å². The second-order valence-corrected chi connectivity index (χ2v) is 12.4. The number of anilines is 2. The summed E-state index contributed by atoms with van der Waals surface area (Å²) in [4.78, 5) is 24.2. The van der Waals surface area contributed by atoms with Crippen LogP contribution in [0.5, 0.6) is 0 Å². The van der Waals surface area contributed by atoms with Gasteiger partial charge in [-0.1, -0.05) is 26.8 Å². The van der Waals surface area contributed by atoms with Crippen LogP contribution >= 0.6 is 11.5 Å². The number of rotatable bonds is 4. The molecule has 0 saturated heterocycles. The predicted molar refractivity (Wildman–Crippen MR) is 150 cm³/mol. The zero-order valence-electron chi connectivity index (χ0n) is 22.9. The van der Waals surface area contributed by atoms with Crippen molar-refractivity contribution in [3.05, 3.63) is 48.3 Å². The molecule has 0 aromatic carbocycles. The van der Waals surface area contributed by atoms with Gasteiger partial charge in [-0.3, -0.25) is 9.08 Å². The Morgan fingerprint density at radius 3 is 2.58 bits per heavy atom. The molecule has 0 spiro atoms. The number of fused-ring (bicyclic) bond motifs is 1. The summed E-state index contributed by atoms with van der Waals surface area (Å²) >= 11 is 1.40. The molecule has 11 heteroatoms. The SMILES string of the molecule is Cn1cc(-c2cnc3c(Nc4cc(C(C)(C)C)ns4)nc(C4=CCCN(C(=O)OC(C)(C)C)C4)cn23)cn1. The number of nitrogens with zero attached hydrogens (tertiary/aromatic N) is 7. The van der Waals surface area contributed by atoms with E-state index in [0.29, 0.717) is 24.6 Å². The summed E-state index contributed by atoms with van der Waals surface area (Å²) in [5.41, 5.74) is 4.67. The number of amides is 1. The van der Waals surface area contributed by atoms with Crippen molar-refractivity contribution >= 4 is 39.7 Å². The van der Waals surface area contributed by atoms with Crippen LogP contribution in [0.15, 0.2) is 36.9 Å². The van der Waals surface area contributed by atoms with E-state index in [-0.39, 0.29) is 11.5 Å². The molecule has 200 valence electrons. The summed E-state index contributed by atoms with van der Waals surface area (Å²) in [5, 5.41) is 8.69. The molecule has 0 saturated carbocycles. The van der Waals surface area contributed by atoms with Gasteiger partial charge in [0, 0.05) is 37.0 Å². The van der Waals surface area contributed by atoms with E-state index in [9.17, 15) is 4.79 Å². The van der Waals surface area contributed by atoms with E-state index in [2.05, 4.69) is 47.7 Å². The Hall–Kier alpha value is -3.73. The predicted octanol–water partition coefficient (Wildman–Crippen LogP) is 5.65. The summed E-state index contributed by atoms with van der Waals surface area (Å²) in [6.07, 6.45) is 10.1. The molecule has 1 aliphatic rings. The van der Waals surface area contributed by atoms with Crippen LogP contribution in [-0.4, -0.2) is 58.2 Å². The third-order valence-electron chi connectivity index (χ3n) is 6.14. The summed E-state index contributed by atoms with van der Waals surface area (Å²) < 4.78 is 14.1. The van der Waals surface area contributed by atoms with Crippen LogP contribution in [0, 0.1) is 0 Å². The third kappa shape index (κ3) is 5.42. The molecule has 1 aliphatic heterocycles. The number of imidazole rings is 1. The lowest BCUT2D eigenvalue weighted by atomic mass is 9.92. The second-order valence-electron chi connectivity index (χ2n) is 11.6. The monoisotopic (exact) mass is 534 g/mol. The Kier molecular flexibility index (Phi) is 6.50. The van der Waals surface area contributed by atoms with E-state index in [1.54, 1.807) is 9.58 Å². The van der Waals surface area contributed by atoms with E-state index >= 15 is 0 Å². The Balaban J connectivity index is 1.55. The van der Waals surface area contributed by atoms with Gasteiger partial charge in [-0.05, 0) is 50.4 Å². The molecule has 0 bridgehead atoms. The van der Waals surface area contributed by atoms with Gasteiger partial charge < -0.3 is 15.0 Å². The first-order valence-electron chi connectivity index (χ1n) is 12.7. The number of ether oxygens (including phenoxy) is 1. The van der Waals surface area contributed by atoms with E-state index < -0.39 is 5.60 Å². The van der Waals surface area contributed by atoms with Crippen LogP contribution in [0.4, 0.5) is 15.6 Å². The van der Waals surface area contributed by atoms with E-state index in [1.165, 1.54) is 11.5 Å². The Labute approximate surface area is 226 Å². The van der Waals surface area contributed by atoms with Gasteiger partial charge in [0.15, 0.2) is 11.5 Å². The summed E-state index contributed by atoms with van der Waals surface area (Å²) in [7, 11) is 1.89. The molecule has 38 heavy (non-hydrogen) atoms. The molecule has 1 amide bonds. The number of aryl methyl sites for hydroxylation is 1. The van der Waals surface area contributed by atoms with Gasteiger partial charge in [0.05, 0.1) is 36.0 Å². The maximum Gasteiger partial charge on any atom is 0.410 e. The number of hydrogen-bond donors (Lipinski definition) is 1. The second kappa shape index (κ2) is 9.54. The minimum absolute atomic E-state index is 0.0557. The number of aromatic nitrogens is 6. The number of carbonyl (C=O) groups is 1. The van der Waals surface area contributed by atoms with Crippen molar-refractivity contribution in [1.82, 2.24) is 33.4 Å². The fraction of sp³-hybridized carbons (Fsp3) is 0.444. The van der Waals surface area contributed by atoms with Gasteiger partial charge >= 0.3 is 6.09 Å². The highest BCUT2D eigenvalue weighted by Gasteiger charge is 2.26. The first-order chi connectivity index (χ1) is 17.9. The summed E-state index contributed by atoms with van der Waals surface area (Å²) in [5.74, 6) is 0.622. The normalized spacial score (nSPS) is 14.6. The standard InChI is InChI=1S/C27H34N8O2S/c1-26(2,3)21-11-22(38-32-21)31-23-24-28-13-20(18-12-29-33(7)14-18)35(24)16-19(30-23)17-9-8-10-34(15-17)25(36)37-27(4,5)6/h9,11-14,16H,8,10,15H2,1-7H3,(H,30,31). The quantitative estimate of drug-likeness (QED) is 0.361. The van der Waals surface area contributed by atoms with Crippen molar-refractivity contribution in [2.24, 2.45) is 7.05 Å². The van der Waals surface area contributed by atoms with Crippen molar-refractivity contribution in [1.29, 1.82) is 0 Å². The van der Waals surface area contributed by atoms with Crippen molar-refractivity contribution in [3.63, 3.8) is 0 Å². The molecule has 4 aromatic rings. The highest BCUT2D eigenvalue weighted by Crippen LogP contribution is 2.32. The maximum atomic E-state index is 12.8. The molecule has 1 N–H and O–H groups in total. The highest BCUT2D eigenvalue weighted by molar-refractivity contribution is 7.10. The van der Waals surface area contributed by atoms with E-state index in [0.717, 1.165) is 39.6 Å². The van der Waals surface area contributed by atoms with Crippen molar-refractivity contribution in [2.75, 3.05) is 18.4 Å². The molecule has 5 heterocycles. The first kappa shape index (κ1) is 25.9. The van der Waals surface area contributed by atoms with Crippen LogP contribution in [-0.2, 0) is 17.2 Å².